The van der Waals surface area contributed by atoms with E-state index in [9.17, 15) is 14.9 Å². The number of piperazine rings is 1. The molecule has 0 bridgehead atoms. The van der Waals surface area contributed by atoms with Crippen LogP contribution in [-0.2, 0) is 17.6 Å². The molecule has 1 aliphatic heterocycles. The van der Waals surface area contributed by atoms with E-state index in [-0.39, 0.29) is 18.4 Å². The summed E-state index contributed by atoms with van der Waals surface area (Å²) in [6.07, 6.45) is 6.54. The molecule has 2 aliphatic rings. The summed E-state index contributed by atoms with van der Waals surface area (Å²) in [5.41, 5.74) is 1.77. The van der Waals surface area contributed by atoms with Gasteiger partial charge in [0.15, 0.2) is 0 Å². The SMILES string of the molecule is N#Cc1c(NC(=O)CN2CCN(C(=O)c3sc4cc(Cl)ccc4c3Cl)CC2)sc2c1CCCCCC2. The van der Waals surface area contributed by atoms with Gasteiger partial charge < -0.3 is 10.2 Å². The Morgan fingerprint density at radius 3 is 2.53 bits per heavy atom. The quantitative estimate of drug-likeness (QED) is 0.412. The molecule has 0 spiro atoms. The number of anilines is 1. The highest BCUT2D eigenvalue weighted by atomic mass is 35.5. The molecule has 0 radical (unpaired) electrons. The number of hydrogen-bond donors (Lipinski definition) is 1. The van der Waals surface area contributed by atoms with Crippen molar-refractivity contribution in [2.24, 2.45) is 0 Å². The Morgan fingerprint density at radius 2 is 1.78 bits per heavy atom. The summed E-state index contributed by atoms with van der Waals surface area (Å²) >= 11 is 15.5. The zero-order chi connectivity index (χ0) is 25.2. The number of amides is 2. The topological polar surface area (TPSA) is 76.4 Å². The fourth-order valence-corrected chi connectivity index (χ4v) is 7.94. The van der Waals surface area contributed by atoms with Crippen LogP contribution >= 0.6 is 45.9 Å². The van der Waals surface area contributed by atoms with Crippen LogP contribution in [0.5, 0.6) is 0 Å². The molecular formula is C26H26Cl2N4O2S2. The number of halogens is 2. The van der Waals surface area contributed by atoms with Gasteiger partial charge in [-0.15, -0.1) is 22.7 Å². The summed E-state index contributed by atoms with van der Waals surface area (Å²) in [5.74, 6) is -0.207. The predicted octanol–water partition coefficient (Wildman–Crippen LogP) is 6.20. The summed E-state index contributed by atoms with van der Waals surface area (Å²) in [4.78, 5) is 31.6. The maximum atomic E-state index is 13.2. The predicted molar refractivity (Wildman–Crippen MR) is 148 cm³/mol. The molecule has 1 aliphatic carbocycles. The van der Waals surface area contributed by atoms with E-state index >= 15 is 0 Å². The van der Waals surface area contributed by atoms with Crippen LogP contribution in [0, 0.1) is 11.3 Å². The largest absolute Gasteiger partial charge is 0.335 e. The van der Waals surface area contributed by atoms with Crippen LogP contribution < -0.4 is 5.32 Å². The fourth-order valence-electron chi connectivity index (χ4n) is 4.92. The number of thiophene rings is 2. The molecule has 6 nitrogen and oxygen atoms in total. The van der Waals surface area contributed by atoms with Gasteiger partial charge in [0.05, 0.1) is 17.1 Å². The van der Waals surface area contributed by atoms with Crippen LogP contribution in [0.15, 0.2) is 18.2 Å². The standard InChI is InChI=1S/C26H26Cl2N4O2S2/c27-16-7-8-18-21(13-16)35-24(23(18)28)26(34)32-11-9-31(10-12-32)15-22(33)30-25-19(14-29)17-5-3-1-2-4-6-20(17)36-25/h7-8,13H,1-6,9-12,15H2,(H,30,33). The first kappa shape index (κ1) is 25.5. The minimum absolute atomic E-state index is 0.0870. The van der Waals surface area contributed by atoms with E-state index in [0.29, 0.717) is 51.7 Å². The smallest absolute Gasteiger partial charge is 0.265 e. The Labute approximate surface area is 228 Å². The monoisotopic (exact) mass is 560 g/mol. The lowest BCUT2D eigenvalue weighted by Crippen LogP contribution is -2.50. The molecule has 0 saturated carbocycles. The van der Waals surface area contributed by atoms with Gasteiger partial charge in [-0.05, 0) is 43.4 Å². The van der Waals surface area contributed by atoms with Crippen LogP contribution in [0.1, 0.15) is 51.4 Å². The van der Waals surface area contributed by atoms with Crippen molar-refractivity contribution in [3.05, 3.63) is 49.1 Å². The van der Waals surface area contributed by atoms with Gasteiger partial charge in [0.1, 0.15) is 15.9 Å². The van der Waals surface area contributed by atoms with E-state index in [2.05, 4.69) is 11.4 Å². The van der Waals surface area contributed by atoms with Gasteiger partial charge in [-0.2, -0.15) is 5.26 Å². The first-order valence-electron chi connectivity index (χ1n) is 12.2. The molecule has 36 heavy (non-hydrogen) atoms. The zero-order valence-electron chi connectivity index (χ0n) is 19.7. The number of fused-ring (bicyclic) bond motifs is 2. The van der Waals surface area contributed by atoms with E-state index in [1.165, 1.54) is 29.1 Å². The zero-order valence-corrected chi connectivity index (χ0v) is 22.9. The lowest BCUT2D eigenvalue weighted by atomic mass is 9.97. The molecule has 3 aromatic rings. The molecule has 188 valence electrons. The Kier molecular flexibility index (Phi) is 7.85. The first-order chi connectivity index (χ1) is 17.4. The Hall–Kier alpha value is -2.15. The third-order valence-corrected chi connectivity index (χ3v) is 9.94. The van der Waals surface area contributed by atoms with E-state index in [0.717, 1.165) is 41.3 Å². The van der Waals surface area contributed by atoms with Gasteiger partial charge in [0.2, 0.25) is 5.91 Å². The maximum absolute atomic E-state index is 13.2. The minimum Gasteiger partial charge on any atom is -0.335 e. The number of nitriles is 1. The molecule has 10 heteroatoms. The molecule has 3 heterocycles. The van der Waals surface area contributed by atoms with E-state index in [1.807, 2.05) is 17.0 Å². The lowest BCUT2D eigenvalue weighted by Gasteiger charge is -2.34. The number of nitrogens with one attached hydrogen (secondary N) is 1. The van der Waals surface area contributed by atoms with E-state index in [1.54, 1.807) is 22.3 Å². The average Bonchev–Trinajstić information content (AvgIpc) is 3.34. The van der Waals surface area contributed by atoms with Crippen molar-refractivity contribution in [3.63, 3.8) is 0 Å². The molecule has 5 rings (SSSR count). The number of carbonyl (C=O) groups is 2. The first-order valence-corrected chi connectivity index (χ1v) is 14.6. The second-order valence-corrected chi connectivity index (χ2v) is 12.2. The van der Waals surface area contributed by atoms with Gasteiger partial charge in [-0.1, -0.05) is 42.1 Å². The fraction of sp³-hybridized carbons (Fsp3) is 0.423. The molecule has 0 unspecified atom stereocenters. The van der Waals surface area contributed by atoms with E-state index < -0.39 is 0 Å². The van der Waals surface area contributed by atoms with Crippen molar-refractivity contribution >= 4 is 72.8 Å². The van der Waals surface area contributed by atoms with Crippen LogP contribution in [-0.4, -0.2) is 54.3 Å². The van der Waals surface area contributed by atoms with Crippen molar-refractivity contribution in [2.75, 3.05) is 38.0 Å². The highest BCUT2D eigenvalue weighted by Crippen LogP contribution is 2.38. The van der Waals surface area contributed by atoms with Crippen LogP contribution in [0.4, 0.5) is 5.00 Å². The van der Waals surface area contributed by atoms with Crippen molar-refractivity contribution in [1.29, 1.82) is 5.26 Å². The molecule has 2 amide bonds. The number of rotatable bonds is 4. The van der Waals surface area contributed by atoms with Crippen molar-refractivity contribution in [1.82, 2.24) is 9.80 Å². The van der Waals surface area contributed by atoms with Gasteiger partial charge in [-0.25, -0.2) is 0 Å². The minimum atomic E-state index is -0.120. The number of hydrogen-bond acceptors (Lipinski definition) is 6. The third-order valence-electron chi connectivity index (χ3n) is 6.85. The molecule has 2 aromatic heterocycles. The van der Waals surface area contributed by atoms with Crippen LogP contribution in [0.3, 0.4) is 0 Å². The Balaban J connectivity index is 1.19. The second-order valence-electron chi connectivity index (χ2n) is 9.24. The van der Waals surface area contributed by atoms with Gasteiger partial charge in [-0.3, -0.25) is 14.5 Å². The van der Waals surface area contributed by atoms with Gasteiger partial charge in [0, 0.05) is 46.2 Å². The molecule has 1 fully saturated rings. The van der Waals surface area contributed by atoms with Gasteiger partial charge >= 0.3 is 0 Å². The van der Waals surface area contributed by atoms with E-state index in [4.69, 9.17) is 23.2 Å². The number of aryl methyl sites for hydroxylation is 1. The highest BCUT2D eigenvalue weighted by molar-refractivity contribution is 7.21. The summed E-state index contributed by atoms with van der Waals surface area (Å²) in [7, 11) is 0. The average molecular weight is 562 g/mol. The molecule has 0 atom stereocenters. The summed E-state index contributed by atoms with van der Waals surface area (Å²) in [6, 6.07) is 7.77. The summed E-state index contributed by atoms with van der Waals surface area (Å²) in [6.45, 7) is 2.47. The maximum Gasteiger partial charge on any atom is 0.265 e. The second kappa shape index (κ2) is 11.1. The van der Waals surface area contributed by atoms with Crippen molar-refractivity contribution in [3.8, 4) is 6.07 Å². The molecule has 1 saturated heterocycles. The lowest BCUT2D eigenvalue weighted by molar-refractivity contribution is -0.117. The van der Waals surface area contributed by atoms with Crippen molar-refractivity contribution < 1.29 is 9.59 Å². The summed E-state index contributed by atoms with van der Waals surface area (Å²) < 4.78 is 0.893. The number of nitrogens with zero attached hydrogens (tertiary/aromatic N) is 3. The summed E-state index contributed by atoms with van der Waals surface area (Å²) in [5, 5.41) is 15.4. The molecule has 1 aromatic carbocycles. The molecular weight excluding hydrogens is 535 g/mol. The number of benzene rings is 1. The van der Waals surface area contributed by atoms with Crippen LogP contribution in [0.25, 0.3) is 10.1 Å². The highest BCUT2D eigenvalue weighted by Gasteiger charge is 2.27. The normalized spacial score (nSPS) is 16.8. The van der Waals surface area contributed by atoms with Crippen molar-refractivity contribution in [2.45, 2.75) is 38.5 Å². The van der Waals surface area contributed by atoms with Crippen LogP contribution in [0.2, 0.25) is 10.0 Å². The third kappa shape index (κ3) is 5.27. The van der Waals surface area contributed by atoms with Gasteiger partial charge in [0.25, 0.3) is 5.91 Å². The Bertz CT molecular complexity index is 1350. The molecule has 1 N–H and O–H groups in total. The number of carbonyl (C=O) groups excluding carboxylic acids is 2. The Morgan fingerprint density at radius 1 is 1.03 bits per heavy atom.